The first-order valence-electron chi connectivity index (χ1n) is 6.97. The number of aromatic amines is 1. The van der Waals surface area contributed by atoms with Gasteiger partial charge in [-0.1, -0.05) is 6.07 Å². The molecule has 3 N–H and O–H groups in total. The van der Waals surface area contributed by atoms with Crippen molar-refractivity contribution >= 4 is 21.8 Å². The second-order valence-corrected chi connectivity index (χ2v) is 6.42. The van der Waals surface area contributed by atoms with Gasteiger partial charge in [-0.3, -0.25) is 9.59 Å². The molecule has 0 fully saturated rings. The van der Waals surface area contributed by atoms with Crippen molar-refractivity contribution in [1.29, 1.82) is 0 Å². The summed E-state index contributed by atoms with van der Waals surface area (Å²) in [6.07, 6.45) is 0. The van der Waals surface area contributed by atoms with Gasteiger partial charge in [-0.05, 0) is 41.9 Å². The smallest absolute Gasteiger partial charge is 0.262 e. The Balaban J connectivity index is 2.18. The third-order valence-electron chi connectivity index (χ3n) is 3.54. The van der Waals surface area contributed by atoms with Crippen LogP contribution in [0.3, 0.4) is 0 Å². The van der Waals surface area contributed by atoms with E-state index in [-0.39, 0.29) is 27.7 Å². The van der Waals surface area contributed by atoms with E-state index in [0.717, 1.165) is 12.1 Å². The van der Waals surface area contributed by atoms with Crippen LogP contribution in [-0.2, 0) is 5.60 Å². The molecule has 8 heteroatoms. The molecule has 1 heterocycles. The molecular formula is C16H15BrF2N2O3. The topological polar surface area (TPSA) is 82.2 Å². The van der Waals surface area contributed by atoms with E-state index in [2.05, 4.69) is 26.2 Å². The number of carbonyl (C=O) groups is 1. The largest absolute Gasteiger partial charge is 0.383 e. The van der Waals surface area contributed by atoms with Crippen molar-refractivity contribution in [2.45, 2.75) is 19.4 Å². The first-order valence-corrected chi connectivity index (χ1v) is 7.76. The fourth-order valence-electron chi connectivity index (χ4n) is 2.20. The standard InChI is InChI=1S/C16H15BrF2N2O3/c1-8-10(6-12(17)15(23)21-8)14(22)20-7-16(2,24)11-4-3-9(18)5-13(11)19/h3-6,24H,7H2,1-2H3,(H,20,22)(H,21,23). The van der Waals surface area contributed by atoms with Crippen molar-refractivity contribution in [3.05, 3.63) is 67.5 Å². The number of H-pyrrole nitrogens is 1. The van der Waals surface area contributed by atoms with E-state index in [4.69, 9.17) is 0 Å². The summed E-state index contributed by atoms with van der Waals surface area (Å²) in [7, 11) is 0. The maximum atomic E-state index is 13.8. The van der Waals surface area contributed by atoms with Gasteiger partial charge in [-0.15, -0.1) is 0 Å². The number of hydrogen-bond donors (Lipinski definition) is 3. The Morgan fingerprint density at radius 2 is 2.04 bits per heavy atom. The van der Waals surface area contributed by atoms with Gasteiger partial charge in [0.15, 0.2) is 0 Å². The molecule has 2 rings (SSSR count). The van der Waals surface area contributed by atoms with Crippen LogP contribution in [0.15, 0.2) is 33.5 Å². The lowest BCUT2D eigenvalue weighted by Gasteiger charge is -2.25. The molecule has 1 unspecified atom stereocenters. The minimum absolute atomic E-state index is 0.136. The van der Waals surface area contributed by atoms with Gasteiger partial charge in [0.05, 0.1) is 16.6 Å². The van der Waals surface area contributed by atoms with Crippen LogP contribution in [0.2, 0.25) is 0 Å². The molecule has 0 aliphatic heterocycles. The Hall–Kier alpha value is -2.06. The van der Waals surface area contributed by atoms with E-state index >= 15 is 0 Å². The number of aromatic nitrogens is 1. The van der Waals surface area contributed by atoms with E-state index in [1.165, 1.54) is 13.0 Å². The number of hydrogen-bond acceptors (Lipinski definition) is 3. The normalized spacial score (nSPS) is 13.4. The van der Waals surface area contributed by atoms with Crippen molar-refractivity contribution < 1.29 is 18.7 Å². The van der Waals surface area contributed by atoms with Crippen LogP contribution in [0.25, 0.3) is 0 Å². The van der Waals surface area contributed by atoms with E-state index in [1.807, 2.05) is 0 Å². The van der Waals surface area contributed by atoms with Crippen LogP contribution in [-0.4, -0.2) is 22.5 Å². The molecule has 0 aliphatic carbocycles. The fourth-order valence-corrected chi connectivity index (χ4v) is 2.53. The van der Waals surface area contributed by atoms with E-state index < -0.39 is 23.1 Å². The SMILES string of the molecule is Cc1[nH]c(=O)c(Br)cc1C(=O)NCC(C)(O)c1ccc(F)cc1F. The third-order valence-corrected chi connectivity index (χ3v) is 4.13. The monoisotopic (exact) mass is 400 g/mol. The lowest BCUT2D eigenvalue weighted by atomic mass is 9.95. The predicted molar refractivity (Wildman–Crippen MR) is 87.8 cm³/mol. The Kier molecular flexibility index (Phi) is 5.19. The summed E-state index contributed by atoms with van der Waals surface area (Å²) in [4.78, 5) is 26.2. The minimum Gasteiger partial charge on any atom is -0.383 e. The maximum Gasteiger partial charge on any atom is 0.262 e. The van der Waals surface area contributed by atoms with Crippen LogP contribution in [0.1, 0.15) is 28.5 Å². The summed E-state index contributed by atoms with van der Waals surface area (Å²) in [5, 5.41) is 12.9. The Labute approximate surface area is 144 Å². The quantitative estimate of drug-likeness (QED) is 0.736. The Morgan fingerprint density at radius 1 is 1.38 bits per heavy atom. The van der Waals surface area contributed by atoms with Crippen molar-refractivity contribution in [1.82, 2.24) is 10.3 Å². The summed E-state index contributed by atoms with van der Waals surface area (Å²) in [6.45, 7) is 2.56. The molecule has 1 aromatic heterocycles. The van der Waals surface area contributed by atoms with Crippen molar-refractivity contribution in [3.63, 3.8) is 0 Å². The number of aliphatic hydroxyl groups is 1. The molecule has 1 aromatic carbocycles. The first kappa shape index (κ1) is 18.3. The van der Waals surface area contributed by atoms with Gasteiger partial charge in [0.1, 0.15) is 17.2 Å². The van der Waals surface area contributed by atoms with Crippen LogP contribution in [0.4, 0.5) is 8.78 Å². The molecular weight excluding hydrogens is 386 g/mol. The maximum absolute atomic E-state index is 13.8. The highest BCUT2D eigenvalue weighted by Gasteiger charge is 2.28. The van der Waals surface area contributed by atoms with Crippen LogP contribution < -0.4 is 10.9 Å². The summed E-state index contributed by atoms with van der Waals surface area (Å²) in [5.74, 6) is -2.21. The van der Waals surface area contributed by atoms with Crippen molar-refractivity contribution in [2.75, 3.05) is 6.54 Å². The molecule has 24 heavy (non-hydrogen) atoms. The van der Waals surface area contributed by atoms with Crippen LogP contribution in [0, 0.1) is 18.6 Å². The number of nitrogens with one attached hydrogen (secondary N) is 2. The number of halogens is 3. The number of aryl methyl sites for hydroxylation is 1. The average molecular weight is 401 g/mol. The van der Waals surface area contributed by atoms with E-state index in [0.29, 0.717) is 11.8 Å². The molecule has 1 amide bonds. The highest BCUT2D eigenvalue weighted by molar-refractivity contribution is 9.10. The van der Waals surface area contributed by atoms with Gasteiger partial charge in [0.25, 0.3) is 11.5 Å². The molecule has 0 bridgehead atoms. The molecule has 0 saturated carbocycles. The van der Waals surface area contributed by atoms with E-state index in [9.17, 15) is 23.5 Å². The second kappa shape index (κ2) is 6.82. The molecule has 0 aliphatic rings. The average Bonchev–Trinajstić information content (AvgIpc) is 2.48. The Morgan fingerprint density at radius 3 is 2.67 bits per heavy atom. The number of pyridine rings is 1. The zero-order chi connectivity index (χ0) is 18.1. The van der Waals surface area contributed by atoms with Gasteiger partial charge in [0.2, 0.25) is 0 Å². The lowest BCUT2D eigenvalue weighted by Crippen LogP contribution is -2.39. The van der Waals surface area contributed by atoms with Crippen molar-refractivity contribution in [2.24, 2.45) is 0 Å². The molecule has 0 radical (unpaired) electrons. The first-order chi connectivity index (χ1) is 11.1. The molecule has 1 atom stereocenters. The highest BCUT2D eigenvalue weighted by Crippen LogP contribution is 2.23. The molecule has 2 aromatic rings. The number of carbonyl (C=O) groups excluding carboxylic acids is 1. The van der Waals surface area contributed by atoms with Crippen LogP contribution in [0.5, 0.6) is 0 Å². The summed E-state index contributed by atoms with van der Waals surface area (Å²) >= 11 is 3.03. The molecule has 128 valence electrons. The highest BCUT2D eigenvalue weighted by atomic mass is 79.9. The van der Waals surface area contributed by atoms with Gasteiger partial charge >= 0.3 is 0 Å². The molecule has 0 spiro atoms. The van der Waals surface area contributed by atoms with E-state index in [1.54, 1.807) is 6.92 Å². The molecule has 0 saturated heterocycles. The summed E-state index contributed by atoms with van der Waals surface area (Å²) < 4.78 is 26.9. The predicted octanol–water partition coefficient (Wildman–Crippen LogP) is 2.36. The number of benzene rings is 1. The van der Waals surface area contributed by atoms with Crippen LogP contribution >= 0.6 is 15.9 Å². The number of rotatable bonds is 4. The second-order valence-electron chi connectivity index (χ2n) is 5.57. The fraction of sp³-hybridized carbons (Fsp3) is 0.250. The minimum atomic E-state index is -1.74. The zero-order valence-corrected chi connectivity index (χ0v) is 14.5. The van der Waals surface area contributed by atoms with Crippen molar-refractivity contribution in [3.8, 4) is 0 Å². The van der Waals surface area contributed by atoms with Gasteiger partial charge in [-0.25, -0.2) is 8.78 Å². The lowest BCUT2D eigenvalue weighted by molar-refractivity contribution is 0.0494. The third kappa shape index (κ3) is 3.88. The van der Waals surface area contributed by atoms with Gasteiger partial charge < -0.3 is 15.4 Å². The molecule has 5 nitrogen and oxygen atoms in total. The Bertz CT molecular complexity index is 850. The summed E-state index contributed by atoms with van der Waals surface area (Å²) in [6, 6.07) is 4.17. The summed E-state index contributed by atoms with van der Waals surface area (Å²) in [5.41, 5.74) is -1.68. The van der Waals surface area contributed by atoms with Gasteiger partial charge in [-0.2, -0.15) is 0 Å². The zero-order valence-electron chi connectivity index (χ0n) is 12.9. The van der Waals surface area contributed by atoms with Gasteiger partial charge in [0, 0.05) is 17.3 Å². The number of amides is 1.